The van der Waals surface area contributed by atoms with Gasteiger partial charge in [-0.3, -0.25) is 4.79 Å². The Kier molecular flexibility index (Phi) is 4.62. The Labute approximate surface area is 101 Å². The summed E-state index contributed by atoms with van der Waals surface area (Å²) in [5, 5.41) is 3.55. The van der Waals surface area contributed by atoms with Crippen molar-refractivity contribution >= 4 is 23.3 Å². The number of benzene rings is 1. The number of hydrogen-bond donors (Lipinski definition) is 1. The van der Waals surface area contributed by atoms with E-state index in [2.05, 4.69) is 5.32 Å². The van der Waals surface area contributed by atoms with Crippen LogP contribution in [0.5, 0.6) is 0 Å². The second-order valence-electron chi connectivity index (χ2n) is 3.88. The third kappa shape index (κ3) is 4.11. The molecule has 1 aromatic rings. The Morgan fingerprint density at radius 3 is 2.75 bits per heavy atom. The molecule has 0 aliphatic rings. The van der Waals surface area contributed by atoms with E-state index in [0.717, 1.165) is 11.3 Å². The van der Waals surface area contributed by atoms with Crippen LogP contribution in [0.1, 0.15) is 19.4 Å². The normalized spacial score (nSPS) is 10.3. The highest BCUT2D eigenvalue weighted by atomic mass is 35.5. The number of carbonyl (C=O) groups is 1. The predicted octanol–water partition coefficient (Wildman–Crippen LogP) is 3.01. The lowest BCUT2D eigenvalue weighted by molar-refractivity contribution is -0.145. The summed E-state index contributed by atoms with van der Waals surface area (Å²) in [4.78, 5) is 11.3. The molecule has 0 unspecified atom stereocenters. The van der Waals surface area contributed by atoms with Crippen LogP contribution in [0, 0.1) is 6.92 Å². The average molecular weight is 242 g/mol. The molecule has 16 heavy (non-hydrogen) atoms. The van der Waals surface area contributed by atoms with E-state index in [-0.39, 0.29) is 18.6 Å². The number of rotatable bonds is 4. The molecule has 0 aromatic heterocycles. The van der Waals surface area contributed by atoms with Crippen LogP contribution in [0.4, 0.5) is 5.69 Å². The maximum Gasteiger partial charge on any atom is 0.325 e. The van der Waals surface area contributed by atoms with Gasteiger partial charge < -0.3 is 10.1 Å². The van der Waals surface area contributed by atoms with Crippen molar-refractivity contribution in [2.75, 3.05) is 11.9 Å². The van der Waals surface area contributed by atoms with E-state index in [0.29, 0.717) is 5.02 Å². The third-order valence-corrected chi connectivity index (χ3v) is 2.23. The minimum Gasteiger partial charge on any atom is -0.462 e. The number of nitrogens with one attached hydrogen (secondary N) is 1. The molecule has 0 saturated heterocycles. The molecule has 1 N–H and O–H groups in total. The van der Waals surface area contributed by atoms with E-state index >= 15 is 0 Å². The molecule has 3 nitrogen and oxygen atoms in total. The zero-order valence-electron chi connectivity index (χ0n) is 9.71. The lowest BCUT2D eigenvalue weighted by atomic mass is 10.2. The summed E-state index contributed by atoms with van der Waals surface area (Å²) >= 11 is 6.00. The minimum atomic E-state index is -0.286. The van der Waals surface area contributed by atoms with Crippen molar-refractivity contribution < 1.29 is 9.53 Å². The van der Waals surface area contributed by atoms with Crippen LogP contribution >= 0.6 is 11.6 Å². The number of aryl methyl sites for hydroxylation is 1. The van der Waals surface area contributed by atoms with Crippen LogP contribution in [0.2, 0.25) is 5.02 Å². The first-order valence-electron chi connectivity index (χ1n) is 5.18. The van der Waals surface area contributed by atoms with Crippen molar-refractivity contribution in [3.63, 3.8) is 0 Å². The van der Waals surface area contributed by atoms with Crippen molar-refractivity contribution in [1.82, 2.24) is 0 Å². The van der Waals surface area contributed by atoms with Gasteiger partial charge >= 0.3 is 5.97 Å². The van der Waals surface area contributed by atoms with Crippen molar-refractivity contribution in [2.24, 2.45) is 0 Å². The summed E-state index contributed by atoms with van der Waals surface area (Å²) in [6, 6.07) is 5.62. The molecule has 0 heterocycles. The summed E-state index contributed by atoms with van der Waals surface area (Å²) in [6.45, 7) is 5.72. The monoisotopic (exact) mass is 241 g/mol. The summed E-state index contributed by atoms with van der Waals surface area (Å²) in [5.41, 5.74) is 1.83. The molecule has 1 rings (SSSR count). The van der Waals surface area contributed by atoms with Gasteiger partial charge in [0.05, 0.1) is 16.8 Å². The number of carbonyl (C=O) groups excluding carboxylic acids is 1. The van der Waals surface area contributed by atoms with Gasteiger partial charge in [0.15, 0.2) is 0 Å². The highest BCUT2D eigenvalue weighted by Crippen LogP contribution is 2.22. The predicted molar refractivity (Wildman–Crippen MR) is 65.9 cm³/mol. The van der Waals surface area contributed by atoms with Gasteiger partial charge in [-0.15, -0.1) is 0 Å². The topological polar surface area (TPSA) is 38.3 Å². The van der Waals surface area contributed by atoms with Crippen LogP contribution in [-0.4, -0.2) is 18.6 Å². The van der Waals surface area contributed by atoms with Gasteiger partial charge in [-0.1, -0.05) is 17.7 Å². The zero-order valence-corrected chi connectivity index (χ0v) is 10.5. The highest BCUT2D eigenvalue weighted by Gasteiger charge is 2.06. The van der Waals surface area contributed by atoms with Gasteiger partial charge in [0.25, 0.3) is 0 Å². The van der Waals surface area contributed by atoms with E-state index in [1.807, 2.05) is 39.0 Å². The summed E-state index contributed by atoms with van der Waals surface area (Å²) in [6.07, 6.45) is -0.0946. The molecule has 4 heteroatoms. The Balaban J connectivity index is 2.51. The van der Waals surface area contributed by atoms with Crippen LogP contribution in [0.25, 0.3) is 0 Å². The molecule has 0 aliphatic heterocycles. The summed E-state index contributed by atoms with van der Waals surface area (Å²) in [7, 11) is 0. The number of hydrogen-bond acceptors (Lipinski definition) is 3. The van der Waals surface area contributed by atoms with Gasteiger partial charge in [0.2, 0.25) is 0 Å². The largest absolute Gasteiger partial charge is 0.462 e. The van der Waals surface area contributed by atoms with Gasteiger partial charge in [-0.05, 0) is 38.5 Å². The fraction of sp³-hybridized carbons (Fsp3) is 0.417. The van der Waals surface area contributed by atoms with Gasteiger partial charge in [0.1, 0.15) is 6.54 Å². The fourth-order valence-electron chi connectivity index (χ4n) is 1.24. The van der Waals surface area contributed by atoms with Gasteiger partial charge in [-0.2, -0.15) is 0 Å². The quantitative estimate of drug-likeness (QED) is 0.824. The number of halogens is 1. The number of ether oxygens (including phenoxy) is 1. The Morgan fingerprint density at radius 2 is 2.19 bits per heavy atom. The van der Waals surface area contributed by atoms with Gasteiger partial charge in [-0.25, -0.2) is 0 Å². The third-order valence-electron chi connectivity index (χ3n) is 1.91. The average Bonchev–Trinajstić information content (AvgIpc) is 2.15. The smallest absolute Gasteiger partial charge is 0.325 e. The van der Waals surface area contributed by atoms with Crippen molar-refractivity contribution in [3.8, 4) is 0 Å². The molecule has 0 aliphatic carbocycles. The minimum absolute atomic E-state index is 0.0946. The number of esters is 1. The SMILES string of the molecule is Cc1ccc(NCC(=O)OC(C)C)c(Cl)c1. The maximum atomic E-state index is 11.3. The summed E-state index contributed by atoms with van der Waals surface area (Å²) in [5.74, 6) is -0.286. The molecule has 88 valence electrons. The molecule has 1 aromatic carbocycles. The van der Waals surface area contributed by atoms with Crippen LogP contribution < -0.4 is 5.32 Å². The van der Waals surface area contributed by atoms with Crippen LogP contribution in [-0.2, 0) is 9.53 Å². The maximum absolute atomic E-state index is 11.3. The van der Waals surface area contributed by atoms with E-state index < -0.39 is 0 Å². The fourth-order valence-corrected chi connectivity index (χ4v) is 1.54. The van der Waals surface area contributed by atoms with Crippen LogP contribution in [0.3, 0.4) is 0 Å². The number of anilines is 1. The first kappa shape index (κ1) is 12.8. The molecular formula is C12H16ClNO2. The molecule has 0 amide bonds. The van der Waals surface area contributed by atoms with Crippen molar-refractivity contribution in [2.45, 2.75) is 26.9 Å². The lowest BCUT2D eigenvalue weighted by Crippen LogP contribution is -2.20. The molecule has 0 bridgehead atoms. The molecule has 0 atom stereocenters. The van der Waals surface area contributed by atoms with Crippen molar-refractivity contribution in [1.29, 1.82) is 0 Å². The van der Waals surface area contributed by atoms with E-state index in [4.69, 9.17) is 16.3 Å². The second kappa shape index (κ2) is 5.75. The molecule has 0 spiro atoms. The Morgan fingerprint density at radius 1 is 1.50 bits per heavy atom. The van der Waals surface area contributed by atoms with E-state index in [1.54, 1.807) is 0 Å². The first-order chi connectivity index (χ1) is 7.49. The zero-order chi connectivity index (χ0) is 12.1. The standard InChI is InChI=1S/C12H16ClNO2/c1-8(2)16-12(15)7-14-11-5-4-9(3)6-10(11)13/h4-6,8,14H,7H2,1-3H3. The molecule has 0 saturated carbocycles. The van der Waals surface area contributed by atoms with E-state index in [1.165, 1.54) is 0 Å². The second-order valence-corrected chi connectivity index (χ2v) is 4.28. The molecule has 0 fully saturated rings. The molecule has 0 radical (unpaired) electrons. The molecular weight excluding hydrogens is 226 g/mol. The lowest BCUT2D eigenvalue weighted by Gasteiger charge is -2.10. The van der Waals surface area contributed by atoms with E-state index in [9.17, 15) is 4.79 Å². The van der Waals surface area contributed by atoms with Crippen LogP contribution in [0.15, 0.2) is 18.2 Å². The Hall–Kier alpha value is -1.22. The highest BCUT2D eigenvalue weighted by molar-refractivity contribution is 6.33. The summed E-state index contributed by atoms with van der Waals surface area (Å²) < 4.78 is 4.99. The first-order valence-corrected chi connectivity index (χ1v) is 5.56. The van der Waals surface area contributed by atoms with Gasteiger partial charge in [0, 0.05) is 0 Å². The van der Waals surface area contributed by atoms with Crippen molar-refractivity contribution in [3.05, 3.63) is 28.8 Å². The Bertz CT molecular complexity index is 377.